The number of para-hydroxylation sites is 1. The lowest BCUT2D eigenvalue weighted by Gasteiger charge is -2.22. The van der Waals surface area contributed by atoms with E-state index in [1.807, 2.05) is 28.8 Å². The number of guanidine groups is 1. The molecule has 0 fully saturated rings. The second kappa shape index (κ2) is 9.16. The van der Waals surface area contributed by atoms with Crippen LogP contribution in [0, 0.1) is 0 Å². The predicted molar refractivity (Wildman–Crippen MR) is 120 cm³/mol. The molecule has 0 amide bonds. The quantitative estimate of drug-likeness (QED) is 0.266. The van der Waals surface area contributed by atoms with E-state index in [9.17, 15) is 0 Å². The summed E-state index contributed by atoms with van der Waals surface area (Å²) in [4.78, 5) is 7.14. The zero-order valence-corrected chi connectivity index (χ0v) is 17.8. The van der Waals surface area contributed by atoms with Gasteiger partial charge in [-0.1, -0.05) is 24.3 Å². The predicted octanol–water partition coefficient (Wildman–Crippen LogP) is 3.31. The molecule has 1 aliphatic rings. The first-order valence-corrected chi connectivity index (χ1v) is 9.29. The van der Waals surface area contributed by atoms with Gasteiger partial charge in [0, 0.05) is 37.9 Å². The summed E-state index contributed by atoms with van der Waals surface area (Å²) in [5.41, 5.74) is 3.57. The van der Waals surface area contributed by atoms with Crippen molar-refractivity contribution in [2.75, 3.05) is 24.5 Å². The third-order valence-electron chi connectivity index (χ3n) is 4.68. The van der Waals surface area contributed by atoms with Crippen molar-refractivity contribution in [2.45, 2.75) is 26.2 Å². The van der Waals surface area contributed by atoms with Crippen LogP contribution in [-0.4, -0.2) is 40.2 Å². The van der Waals surface area contributed by atoms with Gasteiger partial charge < -0.3 is 10.2 Å². The summed E-state index contributed by atoms with van der Waals surface area (Å²) in [6.07, 6.45) is 4.90. The Morgan fingerprint density at radius 3 is 2.89 bits per heavy atom. The van der Waals surface area contributed by atoms with Gasteiger partial charge in [-0.3, -0.25) is 9.39 Å². The number of anilines is 1. The Bertz CT molecular complexity index is 919. The molecule has 0 unspecified atom stereocenters. The van der Waals surface area contributed by atoms with Crippen LogP contribution in [0.3, 0.4) is 0 Å². The Morgan fingerprint density at radius 2 is 2.00 bits per heavy atom. The standard InChI is InChI=1S/C20H24N6.HI/c1-2-21-20(25-15-12-16-8-3-4-9-17(16)25)22-13-7-11-19-24-23-18-10-5-6-14-26(18)19;/h3-6,8-10,14H,2,7,11-13,15H2,1H3,(H,21,22);1H. The Labute approximate surface area is 176 Å². The number of hydrogen-bond acceptors (Lipinski definition) is 3. The van der Waals surface area contributed by atoms with Gasteiger partial charge in [-0.2, -0.15) is 0 Å². The van der Waals surface area contributed by atoms with Crippen LogP contribution in [-0.2, 0) is 12.8 Å². The number of aryl methyl sites for hydroxylation is 1. The van der Waals surface area contributed by atoms with Gasteiger partial charge in [0.2, 0.25) is 0 Å². The van der Waals surface area contributed by atoms with Crippen molar-refractivity contribution in [2.24, 2.45) is 4.99 Å². The van der Waals surface area contributed by atoms with E-state index in [1.165, 1.54) is 11.3 Å². The van der Waals surface area contributed by atoms with E-state index in [-0.39, 0.29) is 24.0 Å². The highest BCUT2D eigenvalue weighted by molar-refractivity contribution is 14.0. The van der Waals surface area contributed by atoms with Gasteiger partial charge in [0.15, 0.2) is 11.6 Å². The van der Waals surface area contributed by atoms with E-state index < -0.39 is 0 Å². The average molecular weight is 476 g/mol. The van der Waals surface area contributed by atoms with Crippen LogP contribution < -0.4 is 10.2 Å². The van der Waals surface area contributed by atoms with Gasteiger partial charge in [0.05, 0.1) is 0 Å². The van der Waals surface area contributed by atoms with Crippen LogP contribution in [0.5, 0.6) is 0 Å². The molecule has 0 saturated carbocycles. The Morgan fingerprint density at radius 1 is 1.15 bits per heavy atom. The molecule has 1 N–H and O–H groups in total. The van der Waals surface area contributed by atoms with Gasteiger partial charge in [-0.25, -0.2) is 0 Å². The largest absolute Gasteiger partial charge is 0.356 e. The fourth-order valence-electron chi connectivity index (χ4n) is 3.44. The second-order valence-corrected chi connectivity index (χ2v) is 6.41. The summed E-state index contributed by atoms with van der Waals surface area (Å²) in [5.74, 6) is 1.97. The zero-order chi connectivity index (χ0) is 17.8. The smallest absolute Gasteiger partial charge is 0.198 e. The number of halogens is 1. The van der Waals surface area contributed by atoms with E-state index in [2.05, 4.69) is 51.6 Å². The number of benzene rings is 1. The number of nitrogens with zero attached hydrogens (tertiary/aromatic N) is 5. The van der Waals surface area contributed by atoms with Gasteiger partial charge >= 0.3 is 0 Å². The molecule has 3 heterocycles. The minimum absolute atomic E-state index is 0. The highest BCUT2D eigenvalue weighted by Crippen LogP contribution is 2.27. The summed E-state index contributed by atoms with van der Waals surface area (Å²) < 4.78 is 2.05. The van der Waals surface area contributed by atoms with Crippen molar-refractivity contribution in [1.82, 2.24) is 19.9 Å². The minimum atomic E-state index is 0. The Kier molecular flexibility index (Phi) is 6.65. The highest BCUT2D eigenvalue weighted by Gasteiger charge is 2.22. The Hall–Kier alpha value is -2.16. The monoisotopic (exact) mass is 476 g/mol. The molecule has 3 aromatic rings. The lowest BCUT2D eigenvalue weighted by atomic mass is 10.2. The fraction of sp³-hybridized carbons (Fsp3) is 0.350. The number of aromatic nitrogens is 3. The second-order valence-electron chi connectivity index (χ2n) is 6.41. The molecule has 0 atom stereocenters. The average Bonchev–Trinajstić information content (AvgIpc) is 3.29. The van der Waals surface area contributed by atoms with E-state index in [0.717, 1.165) is 56.3 Å². The molecule has 0 aliphatic carbocycles. The molecule has 6 nitrogen and oxygen atoms in total. The summed E-state index contributed by atoms with van der Waals surface area (Å²) in [6, 6.07) is 14.5. The third-order valence-corrected chi connectivity index (χ3v) is 4.68. The highest BCUT2D eigenvalue weighted by atomic mass is 127. The first-order chi connectivity index (χ1) is 12.9. The maximum Gasteiger partial charge on any atom is 0.198 e. The number of hydrogen-bond donors (Lipinski definition) is 1. The molecule has 142 valence electrons. The van der Waals surface area contributed by atoms with Crippen LogP contribution in [0.4, 0.5) is 5.69 Å². The van der Waals surface area contributed by atoms with Gasteiger partial charge in [-0.05, 0) is 43.5 Å². The van der Waals surface area contributed by atoms with Gasteiger partial charge in [-0.15, -0.1) is 34.2 Å². The molecule has 4 rings (SSSR count). The van der Waals surface area contributed by atoms with Gasteiger partial charge in [0.1, 0.15) is 5.82 Å². The molecular weight excluding hydrogens is 451 g/mol. The number of pyridine rings is 1. The fourth-order valence-corrected chi connectivity index (χ4v) is 3.44. The van der Waals surface area contributed by atoms with E-state index >= 15 is 0 Å². The topological polar surface area (TPSA) is 57.8 Å². The van der Waals surface area contributed by atoms with E-state index in [4.69, 9.17) is 4.99 Å². The molecule has 0 radical (unpaired) electrons. The summed E-state index contributed by atoms with van der Waals surface area (Å²) in [7, 11) is 0. The molecule has 0 saturated heterocycles. The number of fused-ring (bicyclic) bond motifs is 2. The lowest BCUT2D eigenvalue weighted by Crippen LogP contribution is -2.40. The molecule has 1 aliphatic heterocycles. The first-order valence-electron chi connectivity index (χ1n) is 9.29. The van der Waals surface area contributed by atoms with Crippen LogP contribution in [0.2, 0.25) is 0 Å². The molecule has 0 spiro atoms. The molecule has 7 heteroatoms. The molecule has 2 aromatic heterocycles. The van der Waals surface area contributed by atoms with Crippen molar-refractivity contribution in [1.29, 1.82) is 0 Å². The van der Waals surface area contributed by atoms with Crippen molar-refractivity contribution >= 4 is 41.3 Å². The maximum absolute atomic E-state index is 4.85. The van der Waals surface area contributed by atoms with Crippen LogP contribution >= 0.6 is 24.0 Å². The zero-order valence-electron chi connectivity index (χ0n) is 15.5. The lowest BCUT2D eigenvalue weighted by molar-refractivity contribution is 0.762. The van der Waals surface area contributed by atoms with Crippen molar-refractivity contribution < 1.29 is 0 Å². The van der Waals surface area contributed by atoms with Crippen molar-refractivity contribution in [3.63, 3.8) is 0 Å². The van der Waals surface area contributed by atoms with Crippen molar-refractivity contribution in [3.05, 3.63) is 60.0 Å². The summed E-state index contributed by atoms with van der Waals surface area (Å²) >= 11 is 0. The SMILES string of the molecule is CCNC(=NCCCc1nnc2ccccn12)N1CCc2ccccc21.I. The maximum atomic E-state index is 4.85. The summed E-state index contributed by atoms with van der Waals surface area (Å²) in [5, 5.41) is 11.9. The third kappa shape index (κ3) is 4.23. The first kappa shape index (κ1) is 19.6. The molecule has 1 aromatic carbocycles. The number of rotatable bonds is 5. The number of nitrogens with one attached hydrogen (secondary N) is 1. The Balaban J connectivity index is 0.00000210. The minimum Gasteiger partial charge on any atom is -0.356 e. The van der Waals surface area contributed by atoms with Crippen LogP contribution in [0.15, 0.2) is 53.7 Å². The van der Waals surface area contributed by atoms with Crippen molar-refractivity contribution in [3.8, 4) is 0 Å². The summed E-state index contributed by atoms with van der Waals surface area (Å²) in [6.45, 7) is 4.73. The molecular formula is C20H25IN6. The molecule has 0 bridgehead atoms. The normalized spacial score (nSPS) is 13.5. The number of aliphatic imine (C=N–C) groups is 1. The van der Waals surface area contributed by atoms with Gasteiger partial charge in [0.25, 0.3) is 0 Å². The van der Waals surface area contributed by atoms with Crippen LogP contribution in [0.1, 0.15) is 24.7 Å². The van der Waals surface area contributed by atoms with E-state index in [1.54, 1.807) is 0 Å². The van der Waals surface area contributed by atoms with Crippen LogP contribution in [0.25, 0.3) is 5.65 Å². The molecule has 27 heavy (non-hydrogen) atoms. The van der Waals surface area contributed by atoms with E-state index in [0.29, 0.717) is 0 Å².